The fourth-order valence-corrected chi connectivity index (χ4v) is 2.53. The van der Waals surface area contributed by atoms with Gasteiger partial charge in [0.15, 0.2) is 5.82 Å². The van der Waals surface area contributed by atoms with Crippen LogP contribution in [0.2, 0.25) is 5.15 Å². The van der Waals surface area contributed by atoms with E-state index in [9.17, 15) is 0 Å². The molecule has 1 saturated carbocycles. The Hall–Kier alpha value is -0.670. The second-order valence-corrected chi connectivity index (χ2v) is 5.24. The fourth-order valence-electron chi connectivity index (χ4n) is 2.34. The van der Waals surface area contributed by atoms with Crippen molar-refractivity contribution in [3.63, 3.8) is 0 Å². The lowest BCUT2D eigenvalue weighted by molar-refractivity contribution is -0.0572. The fraction of sp³-hybridized carbons (Fsp3) is 0.714. The summed E-state index contributed by atoms with van der Waals surface area (Å²) >= 11 is 6.14. The summed E-state index contributed by atoms with van der Waals surface area (Å²) in [5.74, 6) is 1.33. The highest BCUT2D eigenvalue weighted by molar-refractivity contribution is 6.29. The molecular weight excluding hydrogens is 248 g/mol. The molecule has 0 N–H and O–H groups in total. The molecule has 0 atom stereocenters. The summed E-state index contributed by atoms with van der Waals surface area (Å²) in [5.41, 5.74) is 0.694. The van der Waals surface area contributed by atoms with Crippen molar-refractivity contribution in [1.29, 1.82) is 0 Å². The molecule has 1 aromatic heterocycles. The second-order valence-electron chi connectivity index (χ2n) is 4.85. The van der Waals surface area contributed by atoms with E-state index < -0.39 is 0 Å². The van der Waals surface area contributed by atoms with E-state index in [1.807, 2.05) is 13.0 Å². The molecule has 1 fully saturated rings. The van der Waals surface area contributed by atoms with Gasteiger partial charge in [-0.3, -0.25) is 0 Å². The van der Waals surface area contributed by atoms with Gasteiger partial charge in [-0.1, -0.05) is 25.4 Å². The van der Waals surface area contributed by atoms with Crippen LogP contribution in [0.1, 0.15) is 63.9 Å². The van der Waals surface area contributed by atoms with Crippen LogP contribution in [0.3, 0.4) is 0 Å². The van der Waals surface area contributed by atoms with Gasteiger partial charge < -0.3 is 4.74 Å². The Kier molecular flexibility index (Phi) is 4.23. The van der Waals surface area contributed by atoms with E-state index >= 15 is 0 Å². The first kappa shape index (κ1) is 13.8. The Morgan fingerprint density at radius 2 is 1.94 bits per heavy atom. The zero-order valence-electron chi connectivity index (χ0n) is 11.4. The maximum absolute atomic E-state index is 6.14. The van der Waals surface area contributed by atoms with Gasteiger partial charge in [-0.05, 0) is 38.7 Å². The van der Waals surface area contributed by atoms with E-state index in [0.29, 0.717) is 17.7 Å². The molecule has 1 aromatic rings. The average Bonchev–Trinajstić information content (AvgIpc) is 3.19. The van der Waals surface area contributed by atoms with E-state index in [1.165, 1.54) is 12.8 Å². The molecule has 100 valence electrons. The Bertz CT molecular complexity index is 414. The van der Waals surface area contributed by atoms with Crippen molar-refractivity contribution >= 4 is 11.6 Å². The van der Waals surface area contributed by atoms with Gasteiger partial charge in [0.2, 0.25) is 0 Å². The molecule has 1 aliphatic rings. The van der Waals surface area contributed by atoms with Gasteiger partial charge in [0.25, 0.3) is 0 Å². The summed E-state index contributed by atoms with van der Waals surface area (Å²) in [6, 6.07) is 1.89. The van der Waals surface area contributed by atoms with Crippen molar-refractivity contribution in [2.75, 3.05) is 6.61 Å². The lowest BCUT2D eigenvalue weighted by Crippen LogP contribution is -2.31. The summed E-state index contributed by atoms with van der Waals surface area (Å²) in [6.07, 6.45) is 4.16. The zero-order chi connectivity index (χ0) is 13.2. The van der Waals surface area contributed by atoms with Crippen molar-refractivity contribution in [2.24, 2.45) is 0 Å². The van der Waals surface area contributed by atoms with E-state index in [4.69, 9.17) is 21.3 Å². The van der Waals surface area contributed by atoms with Crippen LogP contribution in [0, 0.1) is 0 Å². The minimum absolute atomic E-state index is 0.386. The van der Waals surface area contributed by atoms with Gasteiger partial charge in [0.1, 0.15) is 10.8 Å². The maximum atomic E-state index is 6.14. The van der Waals surface area contributed by atoms with Crippen LogP contribution in [-0.2, 0) is 10.3 Å². The highest BCUT2D eigenvalue weighted by Gasteiger charge is 2.34. The predicted molar refractivity (Wildman–Crippen MR) is 72.9 cm³/mol. The summed E-state index contributed by atoms with van der Waals surface area (Å²) < 4.78 is 5.94. The molecule has 0 saturated heterocycles. The van der Waals surface area contributed by atoms with Crippen LogP contribution in [-0.4, -0.2) is 16.6 Å². The second kappa shape index (κ2) is 5.54. The summed E-state index contributed by atoms with van der Waals surface area (Å²) in [4.78, 5) is 9.11. The summed E-state index contributed by atoms with van der Waals surface area (Å²) in [7, 11) is 0. The van der Waals surface area contributed by atoms with Crippen molar-refractivity contribution in [1.82, 2.24) is 9.97 Å². The Morgan fingerprint density at radius 1 is 1.28 bits per heavy atom. The van der Waals surface area contributed by atoms with E-state index in [-0.39, 0.29) is 5.60 Å². The lowest BCUT2D eigenvalue weighted by Gasteiger charge is -2.30. The molecule has 0 spiro atoms. The summed E-state index contributed by atoms with van der Waals surface area (Å²) in [6.45, 7) is 6.89. The van der Waals surface area contributed by atoms with Crippen LogP contribution in [0.15, 0.2) is 6.07 Å². The highest BCUT2D eigenvalue weighted by Crippen LogP contribution is 2.41. The first-order chi connectivity index (χ1) is 8.65. The number of hydrogen-bond donors (Lipinski definition) is 0. The van der Waals surface area contributed by atoms with Gasteiger partial charge in [0.05, 0.1) is 0 Å². The molecule has 1 aliphatic carbocycles. The molecule has 0 bridgehead atoms. The van der Waals surface area contributed by atoms with Crippen LogP contribution < -0.4 is 0 Å². The first-order valence-electron chi connectivity index (χ1n) is 6.84. The third kappa shape index (κ3) is 2.67. The van der Waals surface area contributed by atoms with Crippen LogP contribution >= 0.6 is 11.6 Å². The van der Waals surface area contributed by atoms with E-state index in [2.05, 4.69) is 18.8 Å². The van der Waals surface area contributed by atoms with Crippen molar-refractivity contribution in [3.05, 3.63) is 22.7 Å². The van der Waals surface area contributed by atoms with Crippen molar-refractivity contribution < 1.29 is 4.74 Å². The number of halogens is 1. The molecule has 4 heteroatoms. The number of nitrogens with zero attached hydrogens (tertiary/aromatic N) is 2. The number of aromatic nitrogens is 2. The largest absolute Gasteiger partial charge is 0.367 e. The Labute approximate surface area is 114 Å². The average molecular weight is 269 g/mol. The van der Waals surface area contributed by atoms with Crippen LogP contribution in [0.5, 0.6) is 0 Å². The topological polar surface area (TPSA) is 35.0 Å². The molecule has 0 radical (unpaired) electrons. The molecule has 1 heterocycles. The molecule has 0 aliphatic heterocycles. The van der Waals surface area contributed by atoms with Gasteiger partial charge in [0, 0.05) is 18.2 Å². The standard InChI is InChI=1S/C14H21ClN2O/c1-4-14(5-2,18-6-3)13-16-11(10-7-8-10)9-12(15)17-13/h9-10H,4-8H2,1-3H3. The van der Waals surface area contributed by atoms with Crippen LogP contribution in [0.4, 0.5) is 0 Å². The van der Waals surface area contributed by atoms with Gasteiger partial charge >= 0.3 is 0 Å². The molecule has 18 heavy (non-hydrogen) atoms. The molecule has 2 rings (SSSR count). The normalized spacial score (nSPS) is 16.0. The van der Waals surface area contributed by atoms with Gasteiger partial charge in [-0.25, -0.2) is 9.97 Å². The monoisotopic (exact) mass is 268 g/mol. The molecule has 3 nitrogen and oxygen atoms in total. The molecule has 0 amide bonds. The van der Waals surface area contributed by atoms with Crippen molar-refractivity contribution in [3.8, 4) is 0 Å². The van der Waals surface area contributed by atoms with Crippen molar-refractivity contribution in [2.45, 2.75) is 58.0 Å². The van der Waals surface area contributed by atoms with Crippen LogP contribution in [0.25, 0.3) is 0 Å². The Morgan fingerprint density at radius 3 is 2.44 bits per heavy atom. The third-order valence-corrected chi connectivity index (χ3v) is 3.87. The highest BCUT2D eigenvalue weighted by atomic mass is 35.5. The SMILES string of the molecule is CCOC(CC)(CC)c1nc(Cl)cc(C2CC2)n1. The van der Waals surface area contributed by atoms with Gasteiger partial charge in [-0.2, -0.15) is 0 Å². The van der Waals surface area contributed by atoms with Gasteiger partial charge in [-0.15, -0.1) is 0 Å². The summed E-state index contributed by atoms with van der Waals surface area (Å²) in [5, 5.41) is 0.535. The quantitative estimate of drug-likeness (QED) is 0.730. The lowest BCUT2D eigenvalue weighted by atomic mass is 9.95. The Balaban J connectivity index is 2.39. The minimum atomic E-state index is -0.386. The first-order valence-corrected chi connectivity index (χ1v) is 7.22. The smallest absolute Gasteiger partial charge is 0.162 e. The molecule has 0 aromatic carbocycles. The minimum Gasteiger partial charge on any atom is -0.367 e. The maximum Gasteiger partial charge on any atom is 0.162 e. The number of ether oxygens (including phenoxy) is 1. The third-order valence-electron chi connectivity index (χ3n) is 3.68. The molecule has 0 unspecified atom stereocenters. The van der Waals surface area contributed by atoms with E-state index in [1.54, 1.807) is 0 Å². The zero-order valence-corrected chi connectivity index (χ0v) is 12.1. The van der Waals surface area contributed by atoms with E-state index in [0.717, 1.165) is 24.4 Å². The predicted octanol–water partition coefficient (Wildman–Crippen LogP) is 4.06. The number of hydrogen-bond acceptors (Lipinski definition) is 3. The molecular formula is C14H21ClN2O. The number of rotatable bonds is 6.